The van der Waals surface area contributed by atoms with Crippen LogP contribution in [0.4, 0.5) is 0 Å². The first-order valence-electron chi connectivity index (χ1n) is 5.77. The van der Waals surface area contributed by atoms with E-state index >= 15 is 0 Å². The summed E-state index contributed by atoms with van der Waals surface area (Å²) < 4.78 is 5.74. The molecule has 0 fully saturated rings. The molecule has 96 valence electrons. The number of hydrogen-bond donors (Lipinski definition) is 0. The molecule has 2 rings (SSSR count). The number of ether oxygens (including phenoxy) is 1. The van der Waals surface area contributed by atoms with E-state index in [4.69, 9.17) is 16.3 Å². The molecule has 2 aromatic rings. The summed E-state index contributed by atoms with van der Waals surface area (Å²) in [6, 6.07) is 10.1. The maximum absolute atomic E-state index is 6.16. The van der Waals surface area contributed by atoms with Crippen LogP contribution in [-0.4, -0.2) is 0 Å². The molecule has 0 aliphatic heterocycles. The van der Waals surface area contributed by atoms with E-state index in [-0.39, 0.29) is 0 Å². The van der Waals surface area contributed by atoms with Gasteiger partial charge in [0.1, 0.15) is 12.4 Å². The first-order chi connectivity index (χ1) is 8.72. The summed E-state index contributed by atoms with van der Waals surface area (Å²) in [7, 11) is 0. The third kappa shape index (κ3) is 3.50. The third-order valence-electron chi connectivity index (χ3n) is 2.59. The number of hydrogen-bond acceptors (Lipinski definition) is 2. The summed E-state index contributed by atoms with van der Waals surface area (Å²) >= 11 is 11.4. The van der Waals surface area contributed by atoms with Crippen LogP contribution in [-0.2, 0) is 18.4 Å². The first-order valence-corrected chi connectivity index (χ1v) is 8.09. The van der Waals surface area contributed by atoms with Gasteiger partial charge in [0, 0.05) is 15.1 Å². The molecule has 1 aromatic carbocycles. The number of halogens is 2. The molecule has 1 nitrogen and oxygen atoms in total. The van der Waals surface area contributed by atoms with E-state index in [0.29, 0.717) is 11.6 Å². The van der Waals surface area contributed by atoms with Crippen molar-refractivity contribution in [3.8, 4) is 5.75 Å². The highest BCUT2D eigenvalue weighted by atomic mass is 79.9. The number of aryl methyl sites for hydroxylation is 1. The lowest BCUT2D eigenvalue weighted by molar-refractivity contribution is 0.310. The van der Waals surface area contributed by atoms with Gasteiger partial charge in [-0.15, -0.1) is 11.3 Å². The zero-order chi connectivity index (χ0) is 13.0. The second-order valence-corrected chi connectivity index (χ2v) is 6.13. The van der Waals surface area contributed by atoms with Gasteiger partial charge in [0.15, 0.2) is 0 Å². The maximum atomic E-state index is 6.16. The molecular weight excluding hydrogens is 332 g/mol. The van der Waals surface area contributed by atoms with Crippen molar-refractivity contribution in [1.29, 1.82) is 0 Å². The van der Waals surface area contributed by atoms with Crippen LogP contribution >= 0.6 is 38.9 Å². The molecule has 0 aliphatic carbocycles. The van der Waals surface area contributed by atoms with Crippen LogP contribution in [0.3, 0.4) is 0 Å². The lowest BCUT2D eigenvalue weighted by Crippen LogP contribution is -1.93. The molecule has 0 amide bonds. The van der Waals surface area contributed by atoms with Gasteiger partial charge in [-0.3, -0.25) is 0 Å². The van der Waals surface area contributed by atoms with Crippen molar-refractivity contribution in [2.45, 2.75) is 25.3 Å². The summed E-state index contributed by atoms with van der Waals surface area (Å²) in [5, 5.41) is 1.47. The fraction of sp³-hybridized carbons (Fsp3) is 0.286. The molecule has 0 unspecified atom stereocenters. The largest absolute Gasteiger partial charge is 0.487 e. The van der Waals surface area contributed by atoms with Crippen LogP contribution in [0.5, 0.6) is 5.75 Å². The Balaban J connectivity index is 2.01. The van der Waals surface area contributed by atoms with Gasteiger partial charge in [0.2, 0.25) is 0 Å². The molecule has 0 bridgehead atoms. The van der Waals surface area contributed by atoms with E-state index in [1.54, 1.807) is 11.3 Å². The van der Waals surface area contributed by atoms with Crippen molar-refractivity contribution in [1.82, 2.24) is 0 Å². The van der Waals surface area contributed by atoms with Gasteiger partial charge in [0.05, 0.1) is 5.02 Å². The second kappa shape index (κ2) is 6.60. The molecule has 0 spiro atoms. The molecule has 0 aliphatic rings. The van der Waals surface area contributed by atoms with Crippen molar-refractivity contribution in [3.05, 3.63) is 50.7 Å². The van der Waals surface area contributed by atoms with Crippen molar-refractivity contribution >= 4 is 38.9 Å². The molecule has 0 saturated carbocycles. The third-order valence-corrected chi connectivity index (χ3v) is 4.73. The van der Waals surface area contributed by atoms with E-state index in [9.17, 15) is 0 Å². The van der Waals surface area contributed by atoms with E-state index in [0.717, 1.165) is 23.1 Å². The number of benzene rings is 1. The number of rotatable bonds is 5. The molecule has 0 saturated heterocycles. The van der Waals surface area contributed by atoms with Crippen LogP contribution in [0.2, 0.25) is 5.02 Å². The molecule has 0 N–H and O–H groups in total. The second-order valence-electron chi connectivity index (χ2n) is 3.91. The molecule has 0 atom stereocenters. The Morgan fingerprint density at radius 1 is 1.22 bits per heavy atom. The predicted octanol–water partition coefficient (Wildman–Crippen LogP) is 5.44. The fourth-order valence-corrected chi connectivity index (χ4v) is 3.06. The Morgan fingerprint density at radius 2 is 2.00 bits per heavy atom. The van der Waals surface area contributed by atoms with Crippen LogP contribution in [0.1, 0.15) is 22.2 Å². The van der Waals surface area contributed by atoms with Crippen LogP contribution in [0, 0.1) is 0 Å². The SMILES string of the molecule is CCc1ccc(COc2ccc(CBr)cc2Cl)s1. The Labute approximate surface area is 125 Å². The van der Waals surface area contributed by atoms with Gasteiger partial charge < -0.3 is 4.74 Å². The number of thiophene rings is 1. The topological polar surface area (TPSA) is 9.23 Å². The van der Waals surface area contributed by atoms with Crippen molar-refractivity contribution in [2.24, 2.45) is 0 Å². The lowest BCUT2D eigenvalue weighted by Gasteiger charge is -2.07. The van der Waals surface area contributed by atoms with E-state index < -0.39 is 0 Å². The molecule has 4 heteroatoms. The molecule has 1 heterocycles. The van der Waals surface area contributed by atoms with Gasteiger partial charge >= 0.3 is 0 Å². The summed E-state index contributed by atoms with van der Waals surface area (Å²) in [5.41, 5.74) is 1.15. The zero-order valence-corrected chi connectivity index (χ0v) is 13.2. The van der Waals surface area contributed by atoms with Gasteiger partial charge in [-0.05, 0) is 36.2 Å². The van der Waals surface area contributed by atoms with Crippen LogP contribution in [0.15, 0.2) is 30.3 Å². The summed E-state index contributed by atoms with van der Waals surface area (Å²) in [6.07, 6.45) is 1.07. The highest BCUT2D eigenvalue weighted by molar-refractivity contribution is 9.08. The van der Waals surface area contributed by atoms with Crippen LogP contribution < -0.4 is 4.74 Å². The molecular formula is C14H14BrClOS. The Hall–Kier alpha value is -0.510. The zero-order valence-electron chi connectivity index (χ0n) is 10.1. The highest BCUT2D eigenvalue weighted by Gasteiger charge is 2.04. The van der Waals surface area contributed by atoms with Crippen molar-refractivity contribution in [2.75, 3.05) is 0 Å². The van der Waals surface area contributed by atoms with Gasteiger partial charge in [-0.25, -0.2) is 0 Å². The van der Waals surface area contributed by atoms with Crippen molar-refractivity contribution in [3.63, 3.8) is 0 Å². The summed E-state index contributed by atoms with van der Waals surface area (Å²) in [4.78, 5) is 2.61. The molecule has 0 radical (unpaired) electrons. The lowest BCUT2D eigenvalue weighted by atomic mass is 10.2. The Morgan fingerprint density at radius 3 is 2.61 bits per heavy atom. The minimum absolute atomic E-state index is 0.581. The van der Waals surface area contributed by atoms with Gasteiger partial charge in [-0.1, -0.05) is 40.5 Å². The minimum atomic E-state index is 0.581. The molecule has 1 aromatic heterocycles. The monoisotopic (exact) mass is 344 g/mol. The quantitative estimate of drug-likeness (QED) is 0.656. The highest BCUT2D eigenvalue weighted by Crippen LogP contribution is 2.28. The van der Waals surface area contributed by atoms with Gasteiger partial charge in [-0.2, -0.15) is 0 Å². The fourth-order valence-electron chi connectivity index (χ4n) is 1.58. The van der Waals surface area contributed by atoms with Crippen LogP contribution in [0.25, 0.3) is 0 Å². The Bertz CT molecular complexity index is 524. The average Bonchev–Trinajstić information content (AvgIpc) is 2.85. The standard InChI is InChI=1S/C14H14BrClOS/c1-2-11-4-5-12(18-11)9-17-14-6-3-10(8-15)7-13(14)16/h3-7H,2,8-9H2,1H3. The normalized spacial score (nSPS) is 10.6. The van der Waals surface area contributed by atoms with E-state index in [1.807, 2.05) is 18.2 Å². The molecule has 18 heavy (non-hydrogen) atoms. The Kier molecular flexibility index (Phi) is 5.10. The maximum Gasteiger partial charge on any atom is 0.138 e. The first kappa shape index (κ1) is 13.9. The van der Waals surface area contributed by atoms with Gasteiger partial charge in [0.25, 0.3) is 0 Å². The van der Waals surface area contributed by atoms with Crippen molar-refractivity contribution < 1.29 is 4.74 Å². The minimum Gasteiger partial charge on any atom is -0.487 e. The summed E-state index contributed by atoms with van der Waals surface area (Å²) in [5.74, 6) is 0.743. The smallest absolute Gasteiger partial charge is 0.138 e. The summed E-state index contributed by atoms with van der Waals surface area (Å²) in [6.45, 7) is 2.74. The number of alkyl halides is 1. The predicted molar refractivity (Wildman–Crippen MR) is 82.1 cm³/mol. The van der Waals surface area contributed by atoms with E-state index in [1.165, 1.54) is 9.75 Å². The van der Waals surface area contributed by atoms with E-state index in [2.05, 4.69) is 35.0 Å². The average molecular weight is 346 g/mol.